The Hall–Kier alpha value is -1.20. The van der Waals surface area contributed by atoms with E-state index in [0.29, 0.717) is 4.99 Å². The van der Waals surface area contributed by atoms with E-state index in [1.807, 2.05) is 12.1 Å². The van der Waals surface area contributed by atoms with Gasteiger partial charge >= 0.3 is 0 Å². The highest BCUT2D eigenvalue weighted by molar-refractivity contribution is 7.80. The highest BCUT2D eigenvalue weighted by atomic mass is 32.1. The van der Waals surface area contributed by atoms with Crippen LogP contribution in [0.4, 0.5) is 5.82 Å². The average molecular weight is 251 g/mol. The van der Waals surface area contributed by atoms with Crippen LogP contribution in [-0.4, -0.2) is 34.3 Å². The molecule has 0 radical (unpaired) electrons. The number of rotatable bonds is 3. The van der Waals surface area contributed by atoms with Crippen LogP contribution in [0, 0.1) is 0 Å². The second kappa shape index (κ2) is 5.42. The second-order valence-electron chi connectivity index (χ2n) is 4.29. The Bertz CT molecular complexity index is 393. The minimum atomic E-state index is 0.179. The third-order valence-corrected chi connectivity index (χ3v) is 3.40. The molecule has 1 saturated heterocycles. The molecular weight excluding hydrogens is 234 g/mol. The Kier molecular flexibility index (Phi) is 3.91. The van der Waals surface area contributed by atoms with Gasteiger partial charge in [0.05, 0.1) is 12.6 Å². The van der Waals surface area contributed by atoms with Gasteiger partial charge in [0.25, 0.3) is 0 Å². The smallest absolute Gasteiger partial charge is 0.128 e. The minimum Gasteiger partial charge on any atom is -0.394 e. The third kappa shape index (κ3) is 2.73. The van der Waals surface area contributed by atoms with Gasteiger partial charge in [0.15, 0.2) is 0 Å². The highest BCUT2D eigenvalue weighted by Gasteiger charge is 2.22. The van der Waals surface area contributed by atoms with Crippen molar-refractivity contribution in [3.63, 3.8) is 0 Å². The number of anilines is 1. The number of piperidine rings is 1. The molecule has 1 unspecified atom stereocenters. The van der Waals surface area contributed by atoms with Crippen LogP contribution >= 0.6 is 12.2 Å². The molecule has 0 bridgehead atoms. The molecular formula is C12H17N3OS. The maximum absolute atomic E-state index is 9.36. The van der Waals surface area contributed by atoms with E-state index in [1.165, 1.54) is 6.42 Å². The van der Waals surface area contributed by atoms with Gasteiger partial charge < -0.3 is 15.7 Å². The Morgan fingerprint density at radius 1 is 1.53 bits per heavy atom. The van der Waals surface area contributed by atoms with Crippen LogP contribution < -0.4 is 10.6 Å². The van der Waals surface area contributed by atoms with Crippen LogP contribution in [0.3, 0.4) is 0 Å². The predicted octanol–water partition coefficient (Wildman–Crippen LogP) is 1.07. The maximum Gasteiger partial charge on any atom is 0.128 e. The molecule has 3 N–H and O–H groups in total. The molecule has 1 aliphatic heterocycles. The molecule has 0 aromatic carbocycles. The fourth-order valence-corrected chi connectivity index (χ4v) is 2.31. The number of aliphatic hydroxyl groups excluding tert-OH is 1. The van der Waals surface area contributed by atoms with Crippen LogP contribution in [0.5, 0.6) is 0 Å². The monoisotopic (exact) mass is 251 g/mol. The molecule has 1 aromatic heterocycles. The largest absolute Gasteiger partial charge is 0.394 e. The number of nitrogens with zero attached hydrogens (tertiary/aromatic N) is 2. The predicted molar refractivity (Wildman–Crippen MR) is 72.2 cm³/mol. The van der Waals surface area contributed by atoms with E-state index in [-0.39, 0.29) is 12.6 Å². The SMILES string of the molecule is NC(=S)c1ccc(N2CCCCC2CO)nc1. The molecule has 1 aliphatic rings. The van der Waals surface area contributed by atoms with E-state index in [1.54, 1.807) is 6.20 Å². The van der Waals surface area contributed by atoms with Crippen molar-refractivity contribution in [2.75, 3.05) is 18.1 Å². The molecule has 0 aliphatic carbocycles. The number of aromatic nitrogens is 1. The summed E-state index contributed by atoms with van der Waals surface area (Å²) < 4.78 is 0. The summed E-state index contributed by atoms with van der Waals surface area (Å²) in [6, 6.07) is 3.99. The minimum absolute atomic E-state index is 0.179. The molecule has 0 spiro atoms. The van der Waals surface area contributed by atoms with E-state index >= 15 is 0 Å². The van der Waals surface area contributed by atoms with Crippen molar-refractivity contribution in [3.05, 3.63) is 23.9 Å². The number of nitrogens with two attached hydrogens (primary N) is 1. The number of pyridine rings is 1. The molecule has 1 aromatic rings. The summed E-state index contributed by atoms with van der Waals surface area (Å²) in [4.78, 5) is 6.89. The van der Waals surface area contributed by atoms with E-state index in [9.17, 15) is 5.11 Å². The lowest BCUT2D eigenvalue weighted by molar-refractivity contribution is 0.239. The van der Waals surface area contributed by atoms with Gasteiger partial charge in [-0.25, -0.2) is 4.98 Å². The molecule has 4 nitrogen and oxygen atoms in total. The van der Waals surface area contributed by atoms with Gasteiger partial charge in [-0.2, -0.15) is 0 Å². The topological polar surface area (TPSA) is 62.4 Å². The first kappa shape index (κ1) is 12.3. The van der Waals surface area contributed by atoms with Crippen LogP contribution in [0.15, 0.2) is 18.3 Å². The van der Waals surface area contributed by atoms with Crippen molar-refractivity contribution < 1.29 is 5.11 Å². The molecule has 0 amide bonds. The van der Waals surface area contributed by atoms with Crippen molar-refractivity contribution in [3.8, 4) is 0 Å². The fourth-order valence-electron chi connectivity index (χ4n) is 2.19. The van der Waals surface area contributed by atoms with E-state index < -0.39 is 0 Å². The summed E-state index contributed by atoms with van der Waals surface area (Å²) in [5, 5.41) is 9.36. The highest BCUT2D eigenvalue weighted by Crippen LogP contribution is 2.22. The van der Waals surface area contributed by atoms with E-state index in [4.69, 9.17) is 18.0 Å². The van der Waals surface area contributed by atoms with Gasteiger partial charge in [0, 0.05) is 18.3 Å². The summed E-state index contributed by atoms with van der Waals surface area (Å²) >= 11 is 4.89. The molecule has 1 atom stereocenters. The van der Waals surface area contributed by atoms with Crippen molar-refractivity contribution in [2.24, 2.45) is 5.73 Å². The molecule has 17 heavy (non-hydrogen) atoms. The van der Waals surface area contributed by atoms with Crippen LogP contribution in [0.25, 0.3) is 0 Å². The van der Waals surface area contributed by atoms with Crippen LogP contribution in [0.1, 0.15) is 24.8 Å². The number of thiocarbonyl (C=S) groups is 1. The summed E-state index contributed by atoms with van der Waals surface area (Å²) in [5.74, 6) is 0.892. The summed E-state index contributed by atoms with van der Waals surface area (Å²) in [7, 11) is 0. The molecule has 5 heteroatoms. The molecule has 1 fully saturated rings. The molecule has 92 valence electrons. The lowest BCUT2D eigenvalue weighted by atomic mass is 10.0. The number of hydrogen-bond acceptors (Lipinski definition) is 4. The molecule has 0 saturated carbocycles. The normalized spacial score (nSPS) is 20.3. The van der Waals surface area contributed by atoms with Gasteiger partial charge in [0.2, 0.25) is 0 Å². The Morgan fingerprint density at radius 3 is 2.94 bits per heavy atom. The van der Waals surface area contributed by atoms with E-state index in [0.717, 1.165) is 30.8 Å². The summed E-state index contributed by atoms with van der Waals surface area (Å²) in [6.45, 7) is 1.13. The first-order chi connectivity index (χ1) is 8.22. The molecule has 2 rings (SSSR count). The Labute approximate surface area is 106 Å². The second-order valence-corrected chi connectivity index (χ2v) is 4.73. The van der Waals surface area contributed by atoms with Gasteiger partial charge in [-0.3, -0.25) is 0 Å². The van der Waals surface area contributed by atoms with Crippen LogP contribution in [0.2, 0.25) is 0 Å². The van der Waals surface area contributed by atoms with Crippen molar-refractivity contribution in [2.45, 2.75) is 25.3 Å². The molecule has 2 heterocycles. The van der Waals surface area contributed by atoms with E-state index in [2.05, 4.69) is 9.88 Å². The lowest BCUT2D eigenvalue weighted by Gasteiger charge is -2.35. The Morgan fingerprint density at radius 2 is 2.35 bits per heavy atom. The number of aliphatic hydroxyl groups is 1. The van der Waals surface area contributed by atoms with Gasteiger partial charge in [-0.05, 0) is 31.4 Å². The zero-order valence-electron chi connectivity index (χ0n) is 9.67. The van der Waals surface area contributed by atoms with Crippen molar-refractivity contribution in [1.29, 1.82) is 0 Å². The van der Waals surface area contributed by atoms with Crippen molar-refractivity contribution >= 4 is 23.0 Å². The van der Waals surface area contributed by atoms with Crippen LogP contribution in [-0.2, 0) is 0 Å². The number of hydrogen-bond donors (Lipinski definition) is 2. The summed E-state index contributed by atoms with van der Waals surface area (Å²) in [6.07, 6.45) is 5.04. The van der Waals surface area contributed by atoms with Gasteiger partial charge in [-0.15, -0.1) is 0 Å². The lowest BCUT2D eigenvalue weighted by Crippen LogP contribution is -2.42. The first-order valence-electron chi connectivity index (χ1n) is 5.85. The first-order valence-corrected chi connectivity index (χ1v) is 6.26. The Balaban J connectivity index is 2.17. The van der Waals surface area contributed by atoms with Gasteiger partial charge in [0.1, 0.15) is 10.8 Å². The zero-order valence-corrected chi connectivity index (χ0v) is 10.5. The standard InChI is InChI=1S/C12H17N3OS/c13-12(17)9-4-5-11(14-7-9)15-6-2-1-3-10(15)8-16/h4-5,7,10,16H,1-3,6,8H2,(H2,13,17). The van der Waals surface area contributed by atoms with Gasteiger partial charge in [-0.1, -0.05) is 12.2 Å². The summed E-state index contributed by atoms with van der Waals surface area (Å²) in [5.41, 5.74) is 6.31. The maximum atomic E-state index is 9.36. The zero-order chi connectivity index (χ0) is 12.3. The van der Waals surface area contributed by atoms with Crippen molar-refractivity contribution in [1.82, 2.24) is 4.98 Å². The fraction of sp³-hybridized carbons (Fsp3) is 0.500. The third-order valence-electron chi connectivity index (χ3n) is 3.16. The quantitative estimate of drug-likeness (QED) is 0.787. The average Bonchev–Trinajstić information content (AvgIpc) is 2.39.